The zero-order chi connectivity index (χ0) is 15.1. The molecule has 20 heavy (non-hydrogen) atoms. The topological polar surface area (TPSA) is 66.8 Å². The predicted octanol–water partition coefficient (Wildman–Crippen LogP) is 2.02. The fourth-order valence-corrected chi connectivity index (χ4v) is 1.91. The summed E-state index contributed by atoms with van der Waals surface area (Å²) in [6, 6.07) is 7.20. The first-order valence-corrected chi connectivity index (χ1v) is 6.59. The minimum absolute atomic E-state index is 0.154. The fraction of sp³-hybridized carbons (Fsp3) is 0.467. The first kappa shape index (κ1) is 16.2. The molecule has 0 aromatic heterocycles. The van der Waals surface area contributed by atoms with E-state index in [2.05, 4.69) is 0 Å². The molecule has 0 spiro atoms. The number of nitrogens with zero attached hydrogens (tertiary/aromatic N) is 1. The molecule has 1 amide bonds. The van der Waals surface area contributed by atoms with Crippen LogP contribution in [-0.4, -0.2) is 42.1 Å². The average Bonchev–Trinajstić information content (AvgIpc) is 2.44. The van der Waals surface area contributed by atoms with Crippen LogP contribution < -0.4 is 0 Å². The molecule has 1 aromatic rings. The van der Waals surface area contributed by atoms with Crippen LogP contribution in [0.4, 0.5) is 0 Å². The number of aliphatic carboxylic acids is 1. The molecule has 0 saturated heterocycles. The van der Waals surface area contributed by atoms with Gasteiger partial charge in [-0.15, -0.1) is 0 Å². The fourth-order valence-electron chi connectivity index (χ4n) is 1.91. The van der Waals surface area contributed by atoms with Crippen molar-refractivity contribution in [2.45, 2.75) is 20.5 Å². The van der Waals surface area contributed by atoms with Crippen molar-refractivity contribution in [3.05, 3.63) is 35.4 Å². The van der Waals surface area contributed by atoms with Crippen LogP contribution >= 0.6 is 0 Å². The van der Waals surface area contributed by atoms with E-state index in [-0.39, 0.29) is 12.5 Å². The summed E-state index contributed by atoms with van der Waals surface area (Å²) in [6.07, 6.45) is 0. The smallest absolute Gasteiger partial charge is 0.308 e. The Morgan fingerprint density at radius 2 is 2.10 bits per heavy atom. The molecule has 0 radical (unpaired) electrons. The van der Waals surface area contributed by atoms with Crippen molar-refractivity contribution in [2.75, 3.05) is 20.2 Å². The highest BCUT2D eigenvalue weighted by atomic mass is 16.5. The molecule has 0 aliphatic rings. The molecule has 0 heterocycles. The number of carboxylic acids is 1. The number of rotatable bonds is 7. The molecule has 1 N–H and O–H groups in total. The van der Waals surface area contributed by atoms with E-state index in [1.54, 1.807) is 37.1 Å². The van der Waals surface area contributed by atoms with Gasteiger partial charge in [0.1, 0.15) is 0 Å². The largest absolute Gasteiger partial charge is 0.481 e. The molecule has 0 fully saturated rings. The van der Waals surface area contributed by atoms with Gasteiger partial charge in [-0.05, 0) is 24.6 Å². The van der Waals surface area contributed by atoms with Gasteiger partial charge in [-0.3, -0.25) is 9.59 Å². The van der Waals surface area contributed by atoms with Gasteiger partial charge in [0, 0.05) is 25.8 Å². The highest BCUT2D eigenvalue weighted by molar-refractivity contribution is 5.94. The van der Waals surface area contributed by atoms with Gasteiger partial charge < -0.3 is 14.7 Å². The van der Waals surface area contributed by atoms with Crippen molar-refractivity contribution in [3.8, 4) is 0 Å². The zero-order valence-corrected chi connectivity index (χ0v) is 12.1. The third kappa shape index (κ3) is 4.35. The van der Waals surface area contributed by atoms with Crippen molar-refractivity contribution >= 4 is 11.9 Å². The van der Waals surface area contributed by atoms with E-state index in [9.17, 15) is 9.59 Å². The quantitative estimate of drug-likeness (QED) is 0.829. The molecule has 5 heteroatoms. The second kappa shape index (κ2) is 7.65. The molecule has 0 bridgehead atoms. The summed E-state index contributed by atoms with van der Waals surface area (Å²) >= 11 is 0. The molecule has 5 nitrogen and oxygen atoms in total. The van der Waals surface area contributed by atoms with Crippen molar-refractivity contribution in [2.24, 2.45) is 5.92 Å². The molecule has 1 aromatic carbocycles. The minimum atomic E-state index is -0.899. The maximum atomic E-state index is 12.4. The van der Waals surface area contributed by atoms with Crippen LogP contribution in [0.5, 0.6) is 0 Å². The molecule has 1 unspecified atom stereocenters. The van der Waals surface area contributed by atoms with Gasteiger partial charge in [0.2, 0.25) is 0 Å². The van der Waals surface area contributed by atoms with Gasteiger partial charge in [0.05, 0.1) is 12.5 Å². The maximum Gasteiger partial charge on any atom is 0.308 e. The number of hydrogen-bond donors (Lipinski definition) is 1. The number of hydrogen-bond acceptors (Lipinski definition) is 3. The normalized spacial score (nSPS) is 11.9. The second-order valence-corrected chi connectivity index (χ2v) is 4.72. The minimum Gasteiger partial charge on any atom is -0.481 e. The Balaban J connectivity index is 2.85. The molecule has 1 rings (SSSR count). The molecular formula is C15H21NO4. The summed E-state index contributed by atoms with van der Waals surface area (Å²) in [5.41, 5.74) is 1.47. The van der Waals surface area contributed by atoms with Gasteiger partial charge in [-0.2, -0.15) is 0 Å². The summed E-state index contributed by atoms with van der Waals surface area (Å²) in [5, 5.41) is 8.94. The Labute approximate surface area is 119 Å². The lowest BCUT2D eigenvalue weighted by atomic mass is 10.1. The summed E-state index contributed by atoms with van der Waals surface area (Å²) in [6.45, 7) is 4.56. The Morgan fingerprint density at radius 3 is 2.65 bits per heavy atom. The molecule has 110 valence electrons. The van der Waals surface area contributed by atoms with Gasteiger partial charge in [-0.25, -0.2) is 0 Å². The van der Waals surface area contributed by atoms with E-state index in [4.69, 9.17) is 9.84 Å². The molecule has 0 saturated carbocycles. The van der Waals surface area contributed by atoms with E-state index in [0.717, 1.165) is 5.56 Å². The number of methoxy groups -OCH3 is 1. The zero-order valence-electron chi connectivity index (χ0n) is 12.1. The summed E-state index contributed by atoms with van der Waals surface area (Å²) in [7, 11) is 1.60. The highest BCUT2D eigenvalue weighted by Gasteiger charge is 2.20. The van der Waals surface area contributed by atoms with Crippen molar-refractivity contribution in [1.82, 2.24) is 4.90 Å². The van der Waals surface area contributed by atoms with Gasteiger partial charge in [0.25, 0.3) is 5.91 Å². The molecule has 0 aliphatic heterocycles. The van der Waals surface area contributed by atoms with Gasteiger partial charge in [0.15, 0.2) is 0 Å². The lowest BCUT2D eigenvalue weighted by Gasteiger charge is -2.23. The Hall–Kier alpha value is -1.88. The predicted molar refractivity (Wildman–Crippen MR) is 75.5 cm³/mol. The molecule has 0 aliphatic carbocycles. The number of carbonyl (C=O) groups excluding carboxylic acids is 1. The number of carbonyl (C=O) groups is 2. The maximum absolute atomic E-state index is 12.4. The standard InChI is InChI=1S/C15H21NO4/c1-4-16(9-11(2)15(18)19)14(17)13-7-5-6-12(8-13)10-20-3/h5-8,11H,4,9-10H2,1-3H3,(H,18,19). The van der Waals surface area contributed by atoms with E-state index in [0.29, 0.717) is 18.7 Å². The first-order chi connectivity index (χ1) is 9.49. The van der Waals surface area contributed by atoms with E-state index in [1.807, 2.05) is 13.0 Å². The highest BCUT2D eigenvalue weighted by Crippen LogP contribution is 2.11. The van der Waals surface area contributed by atoms with Gasteiger partial charge >= 0.3 is 5.97 Å². The van der Waals surface area contributed by atoms with Crippen LogP contribution in [0, 0.1) is 5.92 Å². The van der Waals surface area contributed by atoms with Crippen molar-refractivity contribution in [1.29, 1.82) is 0 Å². The van der Waals surface area contributed by atoms with E-state index < -0.39 is 11.9 Å². The van der Waals surface area contributed by atoms with E-state index >= 15 is 0 Å². The number of benzene rings is 1. The average molecular weight is 279 g/mol. The number of carboxylic acid groups (broad SMARTS) is 1. The van der Waals surface area contributed by atoms with Crippen LogP contribution in [0.15, 0.2) is 24.3 Å². The Morgan fingerprint density at radius 1 is 1.40 bits per heavy atom. The van der Waals surface area contributed by atoms with Crippen molar-refractivity contribution < 1.29 is 19.4 Å². The Bertz CT molecular complexity index is 473. The van der Waals surface area contributed by atoms with Crippen LogP contribution in [0.3, 0.4) is 0 Å². The number of ether oxygens (including phenoxy) is 1. The SMILES string of the molecule is CCN(CC(C)C(=O)O)C(=O)c1cccc(COC)c1. The van der Waals surface area contributed by atoms with Crippen LogP contribution in [-0.2, 0) is 16.1 Å². The number of amides is 1. The lowest BCUT2D eigenvalue weighted by Crippen LogP contribution is -2.36. The molecular weight excluding hydrogens is 258 g/mol. The monoisotopic (exact) mass is 279 g/mol. The third-order valence-corrected chi connectivity index (χ3v) is 3.07. The first-order valence-electron chi connectivity index (χ1n) is 6.59. The third-order valence-electron chi connectivity index (χ3n) is 3.07. The lowest BCUT2D eigenvalue weighted by molar-refractivity contribution is -0.141. The van der Waals surface area contributed by atoms with Crippen molar-refractivity contribution in [3.63, 3.8) is 0 Å². The summed E-state index contributed by atoms with van der Waals surface area (Å²) in [4.78, 5) is 24.8. The van der Waals surface area contributed by atoms with Crippen LogP contribution in [0.2, 0.25) is 0 Å². The summed E-state index contributed by atoms with van der Waals surface area (Å²) < 4.78 is 5.04. The van der Waals surface area contributed by atoms with E-state index in [1.165, 1.54) is 0 Å². The summed E-state index contributed by atoms with van der Waals surface area (Å²) in [5.74, 6) is -1.64. The van der Waals surface area contributed by atoms with Crippen LogP contribution in [0.25, 0.3) is 0 Å². The van der Waals surface area contributed by atoms with Crippen LogP contribution in [0.1, 0.15) is 29.8 Å². The van der Waals surface area contributed by atoms with Gasteiger partial charge in [-0.1, -0.05) is 19.1 Å². The second-order valence-electron chi connectivity index (χ2n) is 4.72. The Kier molecular flexibility index (Phi) is 6.18. The molecule has 1 atom stereocenters.